The third-order valence-electron chi connectivity index (χ3n) is 2.87. The Morgan fingerprint density at radius 2 is 1.60 bits per heavy atom. The van der Waals surface area contributed by atoms with E-state index in [9.17, 15) is 0 Å². The van der Waals surface area contributed by atoms with Crippen LogP contribution in [0.15, 0.2) is 77.2 Å². The second-order valence-corrected chi connectivity index (χ2v) is 6.36. The SMILES string of the molecule is C1=Cc2ccccc2SS1.c1ccc2ncccc2c1. The quantitative estimate of drug-likeness (QED) is 0.498. The molecule has 2 aromatic carbocycles. The maximum atomic E-state index is 4.18. The lowest BCUT2D eigenvalue weighted by atomic mass is 10.2. The van der Waals surface area contributed by atoms with Gasteiger partial charge in [-0.15, -0.1) is 0 Å². The molecule has 0 fully saturated rings. The molecule has 20 heavy (non-hydrogen) atoms. The molecule has 0 aliphatic carbocycles. The summed E-state index contributed by atoms with van der Waals surface area (Å²) in [5, 5.41) is 3.32. The molecule has 0 saturated heterocycles. The first kappa shape index (κ1) is 13.3. The van der Waals surface area contributed by atoms with Gasteiger partial charge in [0.15, 0.2) is 0 Å². The highest BCUT2D eigenvalue weighted by molar-refractivity contribution is 8.78. The molecule has 3 heteroatoms. The monoisotopic (exact) mass is 295 g/mol. The van der Waals surface area contributed by atoms with Crippen LogP contribution in [0.25, 0.3) is 17.0 Å². The minimum Gasteiger partial charge on any atom is -0.256 e. The molecule has 4 rings (SSSR count). The van der Waals surface area contributed by atoms with E-state index in [0.29, 0.717) is 0 Å². The number of benzene rings is 2. The number of rotatable bonds is 0. The molecule has 3 aromatic rings. The molecule has 0 saturated carbocycles. The van der Waals surface area contributed by atoms with Crippen LogP contribution in [0.2, 0.25) is 0 Å². The molecular formula is C17H13NS2. The predicted molar refractivity (Wildman–Crippen MR) is 90.7 cm³/mol. The van der Waals surface area contributed by atoms with Gasteiger partial charge in [0, 0.05) is 16.5 Å². The summed E-state index contributed by atoms with van der Waals surface area (Å²) in [5.74, 6) is 0. The van der Waals surface area contributed by atoms with E-state index in [4.69, 9.17) is 0 Å². The van der Waals surface area contributed by atoms with Crippen molar-refractivity contribution in [3.63, 3.8) is 0 Å². The molecule has 0 unspecified atom stereocenters. The first-order chi connectivity index (χ1) is 9.93. The molecule has 1 aliphatic rings. The van der Waals surface area contributed by atoms with Crippen LogP contribution >= 0.6 is 21.6 Å². The third-order valence-corrected chi connectivity index (χ3v) is 4.93. The van der Waals surface area contributed by atoms with Crippen LogP contribution in [0.3, 0.4) is 0 Å². The molecule has 1 aromatic heterocycles. The number of hydrogen-bond donors (Lipinski definition) is 0. The fourth-order valence-electron chi connectivity index (χ4n) is 1.89. The lowest BCUT2D eigenvalue weighted by Crippen LogP contribution is -1.77. The van der Waals surface area contributed by atoms with Crippen molar-refractivity contribution in [3.05, 3.63) is 77.8 Å². The molecule has 98 valence electrons. The van der Waals surface area contributed by atoms with E-state index < -0.39 is 0 Å². The molecule has 0 radical (unpaired) electrons. The minimum absolute atomic E-state index is 1.06. The first-order valence-electron chi connectivity index (χ1n) is 6.32. The van der Waals surface area contributed by atoms with Gasteiger partial charge in [0.05, 0.1) is 5.52 Å². The Bertz CT molecular complexity index is 672. The molecule has 2 heterocycles. The van der Waals surface area contributed by atoms with Crippen molar-refractivity contribution in [1.29, 1.82) is 0 Å². The lowest BCUT2D eigenvalue weighted by Gasteiger charge is -2.06. The van der Waals surface area contributed by atoms with Gasteiger partial charge in [0.1, 0.15) is 0 Å². The van der Waals surface area contributed by atoms with Crippen LogP contribution in [0.5, 0.6) is 0 Å². The average molecular weight is 295 g/mol. The summed E-state index contributed by atoms with van der Waals surface area (Å²) in [6.07, 6.45) is 3.96. The van der Waals surface area contributed by atoms with Gasteiger partial charge >= 0.3 is 0 Å². The Balaban J connectivity index is 0.000000121. The zero-order valence-electron chi connectivity index (χ0n) is 10.8. The van der Waals surface area contributed by atoms with Crippen LogP contribution in [0.1, 0.15) is 5.56 Å². The molecule has 0 atom stereocenters. The smallest absolute Gasteiger partial charge is 0.0701 e. The maximum Gasteiger partial charge on any atom is 0.0701 e. The highest BCUT2D eigenvalue weighted by Gasteiger charge is 2.01. The van der Waals surface area contributed by atoms with E-state index >= 15 is 0 Å². The molecule has 0 bridgehead atoms. The summed E-state index contributed by atoms with van der Waals surface area (Å²) in [7, 11) is 3.59. The van der Waals surface area contributed by atoms with Crippen LogP contribution in [0, 0.1) is 0 Å². The highest BCUT2D eigenvalue weighted by atomic mass is 33.1. The highest BCUT2D eigenvalue weighted by Crippen LogP contribution is 2.39. The number of hydrogen-bond acceptors (Lipinski definition) is 3. The van der Waals surface area contributed by atoms with Crippen molar-refractivity contribution in [3.8, 4) is 0 Å². The second-order valence-electron chi connectivity index (χ2n) is 4.22. The number of aromatic nitrogens is 1. The molecule has 0 spiro atoms. The summed E-state index contributed by atoms with van der Waals surface area (Å²) in [5.41, 5.74) is 2.40. The number of pyridine rings is 1. The van der Waals surface area contributed by atoms with Gasteiger partial charge in [0.25, 0.3) is 0 Å². The van der Waals surface area contributed by atoms with Crippen molar-refractivity contribution in [2.24, 2.45) is 0 Å². The molecule has 0 N–H and O–H groups in total. The Kier molecular flexibility index (Phi) is 4.41. The normalized spacial score (nSPS) is 12.4. The van der Waals surface area contributed by atoms with Crippen molar-refractivity contribution in [2.45, 2.75) is 4.90 Å². The Hall–Kier alpha value is -1.71. The van der Waals surface area contributed by atoms with Gasteiger partial charge < -0.3 is 0 Å². The summed E-state index contributed by atoms with van der Waals surface area (Å²) >= 11 is 0. The van der Waals surface area contributed by atoms with E-state index in [0.717, 1.165) is 5.52 Å². The van der Waals surface area contributed by atoms with E-state index in [-0.39, 0.29) is 0 Å². The number of nitrogens with zero attached hydrogens (tertiary/aromatic N) is 1. The Morgan fingerprint density at radius 1 is 0.800 bits per heavy atom. The van der Waals surface area contributed by atoms with Crippen molar-refractivity contribution in [2.75, 3.05) is 0 Å². The second kappa shape index (κ2) is 6.64. The van der Waals surface area contributed by atoms with Gasteiger partial charge in [-0.1, -0.05) is 64.1 Å². The summed E-state index contributed by atoms with van der Waals surface area (Å²) < 4.78 is 0. The molecular weight excluding hydrogens is 282 g/mol. The molecule has 1 nitrogen and oxygen atoms in total. The zero-order valence-corrected chi connectivity index (χ0v) is 12.4. The van der Waals surface area contributed by atoms with Gasteiger partial charge in [0.2, 0.25) is 0 Å². The zero-order chi connectivity index (χ0) is 13.6. The van der Waals surface area contributed by atoms with Crippen LogP contribution in [0.4, 0.5) is 0 Å². The van der Waals surface area contributed by atoms with E-state index in [1.807, 2.05) is 41.3 Å². The standard InChI is InChI=1S/C9H7N.C8H6S2/c1-2-6-9-8(4-1)5-3-7-10-9;1-2-4-8-7(3-1)5-6-9-10-8/h1-7H;1-6H. The summed E-state index contributed by atoms with van der Waals surface area (Å²) in [6, 6.07) is 20.5. The maximum absolute atomic E-state index is 4.18. The predicted octanol–water partition coefficient (Wildman–Crippen LogP) is 5.65. The average Bonchev–Trinajstić information content (AvgIpc) is 2.56. The summed E-state index contributed by atoms with van der Waals surface area (Å²) in [6.45, 7) is 0. The lowest BCUT2D eigenvalue weighted by molar-refractivity contribution is 1.41. The van der Waals surface area contributed by atoms with Gasteiger partial charge in [-0.2, -0.15) is 0 Å². The summed E-state index contributed by atoms with van der Waals surface area (Å²) in [4.78, 5) is 5.55. The van der Waals surface area contributed by atoms with Crippen molar-refractivity contribution >= 4 is 38.6 Å². The minimum atomic E-state index is 1.06. The van der Waals surface area contributed by atoms with E-state index in [1.165, 1.54) is 15.8 Å². The van der Waals surface area contributed by atoms with Gasteiger partial charge in [-0.3, -0.25) is 4.98 Å². The fraction of sp³-hybridized carbons (Fsp3) is 0. The Labute approximate surface area is 126 Å². The number of fused-ring (bicyclic) bond motifs is 2. The van der Waals surface area contributed by atoms with E-state index in [2.05, 4.69) is 52.9 Å². The topological polar surface area (TPSA) is 12.9 Å². The van der Waals surface area contributed by atoms with Crippen LogP contribution in [-0.4, -0.2) is 4.98 Å². The van der Waals surface area contributed by atoms with Crippen molar-refractivity contribution in [1.82, 2.24) is 4.98 Å². The Morgan fingerprint density at radius 3 is 2.50 bits per heavy atom. The number of para-hydroxylation sites is 1. The van der Waals surface area contributed by atoms with Crippen LogP contribution in [-0.2, 0) is 0 Å². The van der Waals surface area contributed by atoms with Gasteiger partial charge in [-0.05, 0) is 35.2 Å². The largest absolute Gasteiger partial charge is 0.256 e. The molecule has 1 aliphatic heterocycles. The third kappa shape index (κ3) is 3.24. The first-order valence-corrected chi connectivity index (χ1v) is 8.53. The van der Waals surface area contributed by atoms with Gasteiger partial charge in [-0.25, -0.2) is 0 Å². The van der Waals surface area contributed by atoms with E-state index in [1.54, 1.807) is 10.8 Å². The van der Waals surface area contributed by atoms with Crippen LogP contribution < -0.4 is 0 Å². The fourth-order valence-corrected chi connectivity index (χ4v) is 3.72. The molecule has 0 amide bonds. The van der Waals surface area contributed by atoms with Crippen molar-refractivity contribution < 1.29 is 0 Å².